The number of non-ortho nitro benzene ring substituents is 1. The predicted octanol–water partition coefficient (Wildman–Crippen LogP) is 3.74. The Morgan fingerprint density at radius 1 is 1.05 bits per heavy atom. The van der Waals surface area contributed by atoms with Gasteiger partial charge < -0.3 is 4.74 Å². The first-order chi connectivity index (χ1) is 9.97. The van der Waals surface area contributed by atoms with Crippen molar-refractivity contribution in [1.29, 1.82) is 0 Å². The van der Waals surface area contributed by atoms with E-state index in [1.807, 2.05) is 0 Å². The molecule has 2 aromatic carbocycles. The van der Waals surface area contributed by atoms with E-state index in [9.17, 15) is 20.2 Å². The standard InChI is InChI=1S/C13H9ClN2O5/c14-10-4-5-12(16(19)20)13(7-10)21-8-9-2-1-3-11(6-9)15(17)18/h1-7H,8H2. The summed E-state index contributed by atoms with van der Waals surface area (Å²) in [7, 11) is 0. The summed E-state index contributed by atoms with van der Waals surface area (Å²) < 4.78 is 5.35. The third kappa shape index (κ3) is 3.67. The molecule has 0 radical (unpaired) electrons. The molecule has 0 saturated carbocycles. The quantitative estimate of drug-likeness (QED) is 0.619. The number of nitro benzene ring substituents is 2. The van der Waals surface area contributed by atoms with Crippen molar-refractivity contribution >= 4 is 23.0 Å². The van der Waals surface area contributed by atoms with E-state index in [4.69, 9.17) is 16.3 Å². The van der Waals surface area contributed by atoms with Crippen LogP contribution >= 0.6 is 11.6 Å². The van der Waals surface area contributed by atoms with E-state index in [0.29, 0.717) is 10.6 Å². The fraction of sp³-hybridized carbons (Fsp3) is 0.0769. The van der Waals surface area contributed by atoms with Gasteiger partial charge in [-0.05, 0) is 11.6 Å². The molecule has 0 aliphatic carbocycles. The summed E-state index contributed by atoms with van der Waals surface area (Å²) in [6.07, 6.45) is 0. The molecular formula is C13H9ClN2O5. The van der Waals surface area contributed by atoms with Crippen LogP contribution in [0.3, 0.4) is 0 Å². The van der Waals surface area contributed by atoms with E-state index in [-0.39, 0.29) is 23.7 Å². The highest BCUT2D eigenvalue weighted by Gasteiger charge is 2.16. The monoisotopic (exact) mass is 308 g/mol. The van der Waals surface area contributed by atoms with Gasteiger partial charge in [-0.25, -0.2) is 0 Å². The number of halogens is 1. The Kier molecular flexibility index (Phi) is 4.34. The zero-order valence-corrected chi connectivity index (χ0v) is 11.3. The second kappa shape index (κ2) is 6.19. The van der Waals surface area contributed by atoms with Gasteiger partial charge in [-0.1, -0.05) is 23.7 Å². The average molecular weight is 309 g/mol. The highest BCUT2D eigenvalue weighted by atomic mass is 35.5. The van der Waals surface area contributed by atoms with Gasteiger partial charge in [-0.3, -0.25) is 20.2 Å². The van der Waals surface area contributed by atoms with Gasteiger partial charge in [-0.2, -0.15) is 0 Å². The van der Waals surface area contributed by atoms with Crippen molar-refractivity contribution in [2.45, 2.75) is 6.61 Å². The number of nitrogens with zero attached hydrogens (tertiary/aromatic N) is 2. The third-order valence-corrected chi connectivity index (χ3v) is 2.87. The molecule has 0 aliphatic rings. The first-order valence-corrected chi connectivity index (χ1v) is 6.15. The lowest BCUT2D eigenvalue weighted by atomic mass is 10.2. The van der Waals surface area contributed by atoms with Crippen LogP contribution in [-0.2, 0) is 6.61 Å². The van der Waals surface area contributed by atoms with Crippen molar-refractivity contribution in [3.8, 4) is 5.75 Å². The number of rotatable bonds is 5. The number of hydrogen-bond donors (Lipinski definition) is 0. The van der Waals surface area contributed by atoms with Crippen molar-refractivity contribution < 1.29 is 14.6 Å². The number of benzene rings is 2. The molecule has 0 unspecified atom stereocenters. The summed E-state index contributed by atoms with van der Waals surface area (Å²) in [5.41, 5.74) is 0.236. The zero-order chi connectivity index (χ0) is 15.4. The van der Waals surface area contributed by atoms with Gasteiger partial charge >= 0.3 is 5.69 Å². The Balaban J connectivity index is 2.20. The highest BCUT2D eigenvalue weighted by molar-refractivity contribution is 6.30. The normalized spacial score (nSPS) is 10.1. The van der Waals surface area contributed by atoms with Crippen LogP contribution in [0, 0.1) is 20.2 Å². The Bertz CT molecular complexity index is 705. The molecule has 0 amide bonds. The molecule has 0 aromatic heterocycles. The van der Waals surface area contributed by atoms with Gasteiger partial charge in [0, 0.05) is 29.3 Å². The topological polar surface area (TPSA) is 95.5 Å². The number of hydrogen-bond acceptors (Lipinski definition) is 5. The largest absolute Gasteiger partial charge is 0.482 e. The molecule has 108 valence electrons. The lowest BCUT2D eigenvalue weighted by molar-refractivity contribution is -0.386. The third-order valence-electron chi connectivity index (χ3n) is 2.63. The van der Waals surface area contributed by atoms with Crippen LogP contribution in [0.1, 0.15) is 5.56 Å². The van der Waals surface area contributed by atoms with Gasteiger partial charge in [0.05, 0.1) is 9.85 Å². The van der Waals surface area contributed by atoms with Crippen molar-refractivity contribution in [2.24, 2.45) is 0 Å². The summed E-state index contributed by atoms with van der Waals surface area (Å²) in [6, 6.07) is 9.80. The molecule has 0 bridgehead atoms. The molecular weight excluding hydrogens is 300 g/mol. The molecule has 0 heterocycles. The van der Waals surface area contributed by atoms with Crippen molar-refractivity contribution in [2.75, 3.05) is 0 Å². The van der Waals surface area contributed by atoms with Gasteiger partial charge in [-0.15, -0.1) is 0 Å². The average Bonchev–Trinajstić information content (AvgIpc) is 2.45. The van der Waals surface area contributed by atoms with E-state index < -0.39 is 9.85 Å². The summed E-state index contributed by atoms with van der Waals surface area (Å²) in [5, 5.41) is 21.9. The van der Waals surface area contributed by atoms with E-state index in [2.05, 4.69) is 0 Å². The lowest BCUT2D eigenvalue weighted by Crippen LogP contribution is -2.00. The van der Waals surface area contributed by atoms with Crippen LogP contribution in [-0.4, -0.2) is 9.85 Å². The summed E-state index contributed by atoms with van der Waals surface area (Å²) in [6.45, 7) is -0.0388. The van der Waals surface area contributed by atoms with Crippen LogP contribution in [0.5, 0.6) is 5.75 Å². The second-order valence-electron chi connectivity index (χ2n) is 4.08. The van der Waals surface area contributed by atoms with E-state index >= 15 is 0 Å². The molecule has 2 aromatic rings. The SMILES string of the molecule is O=[N+]([O-])c1cccc(COc2cc(Cl)ccc2[N+](=O)[O-])c1. The van der Waals surface area contributed by atoms with Crippen LogP contribution in [0.15, 0.2) is 42.5 Å². The molecule has 0 atom stereocenters. The van der Waals surface area contributed by atoms with Crippen molar-refractivity contribution in [3.05, 3.63) is 73.3 Å². The molecule has 0 spiro atoms. The molecule has 7 nitrogen and oxygen atoms in total. The molecule has 0 saturated heterocycles. The van der Waals surface area contributed by atoms with Crippen LogP contribution < -0.4 is 4.74 Å². The van der Waals surface area contributed by atoms with E-state index in [1.165, 1.54) is 36.4 Å². The Hall–Kier alpha value is -2.67. The zero-order valence-electron chi connectivity index (χ0n) is 10.6. The molecule has 0 fully saturated rings. The Morgan fingerprint density at radius 3 is 2.48 bits per heavy atom. The summed E-state index contributed by atoms with van der Waals surface area (Å²) in [5.74, 6) is 0.0130. The Labute approximate surface area is 124 Å². The molecule has 21 heavy (non-hydrogen) atoms. The number of nitro groups is 2. The molecule has 8 heteroatoms. The fourth-order valence-corrected chi connectivity index (χ4v) is 1.84. The number of ether oxygens (including phenoxy) is 1. The van der Waals surface area contributed by atoms with Crippen LogP contribution in [0.25, 0.3) is 0 Å². The first-order valence-electron chi connectivity index (χ1n) is 5.77. The van der Waals surface area contributed by atoms with Gasteiger partial charge in [0.25, 0.3) is 5.69 Å². The maximum absolute atomic E-state index is 10.9. The van der Waals surface area contributed by atoms with E-state index in [0.717, 1.165) is 0 Å². The van der Waals surface area contributed by atoms with Crippen LogP contribution in [0.2, 0.25) is 5.02 Å². The van der Waals surface area contributed by atoms with Gasteiger partial charge in [0.1, 0.15) is 6.61 Å². The summed E-state index contributed by atoms with van der Waals surface area (Å²) in [4.78, 5) is 20.4. The highest BCUT2D eigenvalue weighted by Crippen LogP contribution is 2.30. The Morgan fingerprint density at radius 2 is 1.81 bits per heavy atom. The summed E-state index contributed by atoms with van der Waals surface area (Å²) >= 11 is 5.78. The van der Waals surface area contributed by atoms with E-state index in [1.54, 1.807) is 6.07 Å². The van der Waals surface area contributed by atoms with Gasteiger partial charge in [0.2, 0.25) is 0 Å². The lowest BCUT2D eigenvalue weighted by Gasteiger charge is -2.07. The van der Waals surface area contributed by atoms with Crippen molar-refractivity contribution in [3.63, 3.8) is 0 Å². The molecule has 0 N–H and O–H groups in total. The van der Waals surface area contributed by atoms with Gasteiger partial charge in [0.15, 0.2) is 5.75 Å². The first kappa shape index (κ1) is 14.7. The maximum atomic E-state index is 10.9. The van der Waals surface area contributed by atoms with Crippen LogP contribution in [0.4, 0.5) is 11.4 Å². The fourth-order valence-electron chi connectivity index (χ4n) is 1.68. The minimum absolute atomic E-state index is 0.0130. The second-order valence-corrected chi connectivity index (χ2v) is 4.52. The van der Waals surface area contributed by atoms with Crippen molar-refractivity contribution in [1.82, 2.24) is 0 Å². The maximum Gasteiger partial charge on any atom is 0.311 e. The smallest absolute Gasteiger partial charge is 0.311 e. The minimum atomic E-state index is -0.584. The minimum Gasteiger partial charge on any atom is -0.482 e. The molecule has 2 rings (SSSR count). The predicted molar refractivity (Wildman–Crippen MR) is 75.5 cm³/mol. The molecule has 0 aliphatic heterocycles.